The molecule has 2 fully saturated rings. The fourth-order valence-corrected chi connectivity index (χ4v) is 4.11. The van der Waals surface area contributed by atoms with Gasteiger partial charge in [0.15, 0.2) is 0 Å². The predicted molar refractivity (Wildman–Crippen MR) is 92.6 cm³/mol. The molecule has 2 heterocycles. The van der Waals surface area contributed by atoms with E-state index in [2.05, 4.69) is 21.9 Å². The van der Waals surface area contributed by atoms with E-state index in [0.29, 0.717) is 12.8 Å². The molecule has 2 rings (SSSR count). The van der Waals surface area contributed by atoms with E-state index in [-0.39, 0.29) is 0 Å². The molecular formula is C19H32N4. The summed E-state index contributed by atoms with van der Waals surface area (Å²) < 4.78 is 0. The molecule has 0 aromatic heterocycles. The summed E-state index contributed by atoms with van der Waals surface area (Å²) in [7, 11) is 0. The standard InChI is InChI=1S/C19H32N4/c20-10-2-12-22-14-6-18(7-15-22)4-1-5-19-8-16-23(17-9-19)13-3-11-21/h18-19H,1-9,12-17H2. The second-order valence-corrected chi connectivity index (χ2v) is 7.32. The van der Waals surface area contributed by atoms with E-state index >= 15 is 0 Å². The summed E-state index contributed by atoms with van der Waals surface area (Å²) in [6.45, 7) is 6.72. The number of nitriles is 2. The van der Waals surface area contributed by atoms with E-state index in [4.69, 9.17) is 10.5 Å². The Bertz CT molecular complexity index is 355. The lowest BCUT2D eigenvalue weighted by atomic mass is 9.87. The fraction of sp³-hybridized carbons (Fsp3) is 0.895. The predicted octanol–water partition coefficient (Wildman–Crippen LogP) is 3.41. The van der Waals surface area contributed by atoms with Gasteiger partial charge in [0.25, 0.3) is 0 Å². The average Bonchev–Trinajstić information content (AvgIpc) is 2.60. The minimum Gasteiger partial charge on any atom is -0.302 e. The third kappa shape index (κ3) is 6.90. The van der Waals surface area contributed by atoms with Crippen LogP contribution in [0.2, 0.25) is 0 Å². The van der Waals surface area contributed by atoms with E-state index in [9.17, 15) is 0 Å². The first kappa shape index (κ1) is 18.2. The maximum absolute atomic E-state index is 8.65. The Morgan fingerprint density at radius 1 is 0.696 bits per heavy atom. The number of likely N-dealkylation sites (tertiary alicyclic amines) is 2. The zero-order valence-electron chi connectivity index (χ0n) is 14.6. The summed E-state index contributed by atoms with van der Waals surface area (Å²) in [5.74, 6) is 1.84. The topological polar surface area (TPSA) is 54.1 Å². The molecular weight excluding hydrogens is 284 g/mol. The first-order chi connectivity index (χ1) is 11.3. The van der Waals surface area contributed by atoms with E-state index in [1.54, 1.807) is 0 Å². The Morgan fingerprint density at radius 2 is 1.09 bits per heavy atom. The quantitative estimate of drug-likeness (QED) is 0.688. The minimum atomic E-state index is 0.678. The van der Waals surface area contributed by atoms with Crippen molar-refractivity contribution in [3.63, 3.8) is 0 Å². The summed E-state index contributed by atoms with van der Waals surface area (Å²) >= 11 is 0. The van der Waals surface area contributed by atoms with Crippen molar-refractivity contribution in [1.82, 2.24) is 9.80 Å². The summed E-state index contributed by atoms with van der Waals surface area (Å²) in [6, 6.07) is 4.50. The molecule has 0 radical (unpaired) electrons. The van der Waals surface area contributed by atoms with Crippen molar-refractivity contribution in [3.05, 3.63) is 0 Å². The van der Waals surface area contributed by atoms with Crippen molar-refractivity contribution < 1.29 is 0 Å². The van der Waals surface area contributed by atoms with Crippen LogP contribution in [0, 0.1) is 34.5 Å². The highest BCUT2D eigenvalue weighted by Crippen LogP contribution is 2.27. The van der Waals surface area contributed by atoms with Crippen molar-refractivity contribution in [2.45, 2.75) is 57.8 Å². The molecule has 0 bridgehead atoms. The van der Waals surface area contributed by atoms with Gasteiger partial charge in [0.1, 0.15) is 0 Å². The number of piperidine rings is 2. The lowest BCUT2D eigenvalue weighted by Gasteiger charge is -2.33. The van der Waals surface area contributed by atoms with Gasteiger partial charge in [0.2, 0.25) is 0 Å². The van der Waals surface area contributed by atoms with E-state index in [1.807, 2.05) is 0 Å². The molecule has 2 saturated heterocycles. The third-order valence-corrected chi connectivity index (χ3v) is 5.72. The molecule has 0 aromatic rings. The van der Waals surface area contributed by atoms with Gasteiger partial charge in [-0.2, -0.15) is 10.5 Å². The van der Waals surface area contributed by atoms with E-state index in [0.717, 1.165) is 24.9 Å². The smallest absolute Gasteiger partial charge is 0.0635 e. The zero-order valence-corrected chi connectivity index (χ0v) is 14.6. The molecule has 0 unspecified atom stereocenters. The van der Waals surface area contributed by atoms with Crippen LogP contribution in [0.5, 0.6) is 0 Å². The first-order valence-corrected chi connectivity index (χ1v) is 9.50. The van der Waals surface area contributed by atoms with Gasteiger partial charge in [-0.15, -0.1) is 0 Å². The van der Waals surface area contributed by atoms with Gasteiger partial charge < -0.3 is 9.80 Å². The molecule has 0 aliphatic carbocycles. The van der Waals surface area contributed by atoms with Gasteiger partial charge in [0, 0.05) is 25.9 Å². The highest BCUT2D eigenvalue weighted by Gasteiger charge is 2.21. The van der Waals surface area contributed by atoms with Crippen molar-refractivity contribution in [1.29, 1.82) is 10.5 Å². The molecule has 4 nitrogen and oxygen atoms in total. The second kappa shape index (κ2) is 10.6. The van der Waals surface area contributed by atoms with Crippen molar-refractivity contribution in [2.24, 2.45) is 11.8 Å². The van der Waals surface area contributed by atoms with Crippen LogP contribution < -0.4 is 0 Å². The highest BCUT2D eigenvalue weighted by molar-refractivity contribution is 4.79. The number of nitrogens with zero attached hydrogens (tertiary/aromatic N) is 4. The summed E-state index contributed by atoms with van der Waals surface area (Å²) in [5.41, 5.74) is 0. The van der Waals surface area contributed by atoms with Crippen LogP contribution in [-0.4, -0.2) is 49.1 Å². The summed E-state index contributed by atoms with van der Waals surface area (Å²) in [5, 5.41) is 17.3. The Balaban J connectivity index is 1.50. The van der Waals surface area contributed by atoms with Crippen LogP contribution in [0.4, 0.5) is 0 Å². The Morgan fingerprint density at radius 3 is 1.43 bits per heavy atom. The molecule has 2 aliphatic rings. The van der Waals surface area contributed by atoms with Crippen LogP contribution in [0.25, 0.3) is 0 Å². The minimum absolute atomic E-state index is 0.678. The first-order valence-electron chi connectivity index (χ1n) is 9.50. The summed E-state index contributed by atoms with van der Waals surface area (Å²) in [4.78, 5) is 4.91. The van der Waals surface area contributed by atoms with Gasteiger partial charge in [0.05, 0.1) is 12.1 Å². The molecule has 2 aliphatic heterocycles. The largest absolute Gasteiger partial charge is 0.302 e. The monoisotopic (exact) mass is 316 g/mol. The molecule has 0 amide bonds. The number of hydrogen-bond donors (Lipinski definition) is 0. The van der Waals surface area contributed by atoms with Crippen molar-refractivity contribution >= 4 is 0 Å². The molecule has 23 heavy (non-hydrogen) atoms. The summed E-state index contributed by atoms with van der Waals surface area (Å²) in [6.07, 6.45) is 10.9. The van der Waals surface area contributed by atoms with E-state index < -0.39 is 0 Å². The van der Waals surface area contributed by atoms with Crippen LogP contribution >= 0.6 is 0 Å². The average molecular weight is 316 g/mol. The van der Waals surface area contributed by atoms with Gasteiger partial charge in [-0.25, -0.2) is 0 Å². The number of rotatable bonds is 8. The third-order valence-electron chi connectivity index (χ3n) is 5.72. The molecule has 0 saturated carbocycles. The van der Waals surface area contributed by atoms with Gasteiger partial charge in [-0.3, -0.25) is 0 Å². The van der Waals surface area contributed by atoms with Crippen LogP contribution in [0.1, 0.15) is 57.8 Å². The maximum Gasteiger partial charge on any atom is 0.0635 e. The van der Waals surface area contributed by atoms with Crippen molar-refractivity contribution in [3.8, 4) is 12.1 Å². The molecule has 0 atom stereocenters. The highest BCUT2D eigenvalue weighted by atomic mass is 15.1. The Hall–Kier alpha value is -1.10. The van der Waals surface area contributed by atoms with Crippen LogP contribution in [0.15, 0.2) is 0 Å². The Labute approximate surface area is 142 Å². The molecule has 0 aromatic carbocycles. The van der Waals surface area contributed by atoms with E-state index in [1.165, 1.54) is 71.1 Å². The molecule has 128 valence electrons. The molecule has 0 N–H and O–H groups in total. The SMILES string of the molecule is N#CCCN1CCC(CCCC2CCN(CCC#N)CC2)CC1. The maximum atomic E-state index is 8.65. The lowest BCUT2D eigenvalue weighted by Crippen LogP contribution is -2.35. The van der Waals surface area contributed by atoms with Gasteiger partial charge in [-0.05, 0) is 63.7 Å². The van der Waals surface area contributed by atoms with Crippen molar-refractivity contribution in [2.75, 3.05) is 39.3 Å². The second-order valence-electron chi connectivity index (χ2n) is 7.32. The number of hydrogen-bond acceptors (Lipinski definition) is 4. The normalized spacial score (nSPS) is 21.8. The Kier molecular flexibility index (Phi) is 8.43. The van der Waals surface area contributed by atoms with Crippen LogP contribution in [0.3, 0.4) is 0 Å². The van der Waals surface area contributed by atoms with Crippen LogP contribution in [-0.2, 0) is 0 Å². The van der Waals surface area contributed by atoms with Gasteiger partial charge >= 0.3 is 0 Å². The van der Waals surface area contributed by atoms with Gasteiger partial charge in [-0.1, -0.05) is 19.3 Å². The molecule has 0 spiro atoms. The molecule has 4 heteroatoms. The fourth-order valence-electron chi connectivity index (χ4n) is 4.11. The lowest BCUT2D eigenvalue weighted by molar-refractivity contribution is 0.165. The zero-order chi connectivity index (χ0) is 16.3.